The minimum Gasteiger partial charge on any atom is -0.323 e. The highest BCUT2D eigenvalue weighted by molar-refractivity contribution is 7.11. The van der Waals surface area contributed by atoms with Gasteiger partial charge in [0.2, 0.25) is 0 Å². The van der Waals surface area contributed by atoms with Crippen LogP contribution < -0.4 is 5.73 Å². The van der Waals surface area contributed by atoms with E-state index in [-0.39, 0.29) is 6.04 Å². The van der Waals surface area contributed by atoms with E-state index in [4.69, 9.17) is 10.7 Å². The van der Waals surface area contributed by atoms with Crippen LogP contribution in [0, 0.1) is 0 Å². The van der Waals surface area contributed by atoms with Crippen LogP contribution in [0.4, 0.5) is 0 Å². The van der Waals surface area contributed by atoms with Crippen molar-refractivity contribution in [2.24, 2.45) is 5.73 Å². The van der Waals surface area contributed by atoms with E-state index in [0.717, 1.165) is 6.54 Å². The monoisotopic (exact) mass is 279 g/mol. The molecule has 2 fully saturated rings. The quantitative estimate of drug-likeness (QED) is 0.918. The lowest BCUT2D eigenvalue weighted by atomic mass is 10.0. The first kappa shape index (κ1) is 13.5. The number of likely N-dealkylation sites (tertiary alicyclic amines) is 1. The molecule has 106 valence electrons. The maximum Gasteiger partial charge on any atom is 0.107 e. The molecule has 1 aromatic heterocycles. The predicted octanol–water partition coefficient (Wildman–Crippen LogP) is 3.41. The Morgan fingerprint density at radius 2 is 2.16 bits per heavy atom. The Morgan fingerprint density at radius 3 is 2.79 bits per heavy atom. The third kappa shape index (κ3) is 3.01. The number of piperidine rings is 1. The van der Waals surface area contributed by atoms with E-state index in [1.165, 1.54) is 54.2 Å². The zero-order valence-electron chi connectivity index (χ0n) is 12.1. The predicted molar refractivity (Wildman–Crippen MR) is 80.4 cm³/mol. The number of rotatable bonds is 4. The van der Waals surface area contributed by atoms with E-state index in [1.807, 2.05) is 11.3 Å². The van der Waals surface area contributed by atoms with Gasteiger partial charge in [0, 0.05) is 22.9 Å². The van der Waals surface area contributed by atoms with E-state index < -0.39 is 0 Å². The van der Waals surface area contributed by atoms with Crippen molar-refractivity contribution in [2.45, 2.75) is 70.5 Å². The molecule has 19 heavy (non-hydrogen) atoms. The van der Waals surface area contributed by atoms with Crippen LogP contribution in [0.3, 0.4) is 0 Å². The maximum absolute atomic E-state index is 6.11. The van der Waals surface area contributed by atoms with Gasteiger partial charge in [0.1, 0.15) is 5.01 Å². The second-order valence-electron chi connectivity index (χ2n) is 6.24. The number of aromatic nitrogens is 1. The molecule has 0 spiro atoms. The summed E-state index contributed by atoms with van der Waals surface area (Å²) in [7, 11) is 0. The molecule has 1 saturated carbocycles. The Balaban J connectivity index is 1.75. The second-order valence-corrected chi connectivity index (χ2v) is 7.35. The van der Waals surface area contributed by atoms with Crippen LogP contribution in [0.1, 0.15) is 73.5 Å². The topological polar surface area (TPSA) is 42.1 Å². The van der Waals surface area contributed by atoms with Gasteiger partial charge in [-0.25, -0.2) is 4.98 Å². The van der Waals surface area contributed by atoms with Crippen molar-refractivity contribution in [3.05, 3.63) is 15.6 Å². The molecule has 1 saturated heterocycles. The molecule has 1 aliphatic heterocycles. The molecule has 1 aromatic rings. The first-order valence-electron chi connectivity index (χ1n) is 7.64. The smallest absolute Gasteiger partial charge is 0.107 e. The van der Waals surface area contributed by atoms with Gasteiger partial charge in [-0.05, 0) is 46.1 Å². The molecule has 3 rings (SSSR count). The molecule has 1 aliphatic carbocycles. The van der Waals surface area contributed by atoms with Crippen molar-refractivity contribution in [2.75, 3.05) is 6.54 Å². The molecule has 2 aliphatic rings. The number of hydrogen-bond acceptors (Lipinski definition) is 4. The number of thiazole rings is 1. The minimum atomic E-state index is 0.139. The zero-order valence-corrected chi connectivity index (χ0v) is 12.9. The van der Waals surface area contributed by atoms with Gasteiger partial charge in [0.15, 0.2) is 0 Å². The van der Waals surface area contributed by atoms with Gasteiger partial charge in [-0.1, -0.05) is 6.42 Å². The van der Waals surface area contributed by atoms with Gasteiger partial charge in [0.25, 0.3) is 0 Å². The van der Waals surface area contributed by atoms with Crippen molar-refractivity contribution in [3.63, 3.8) is 0 Å². The first-order valence-corrected chi connectivity index (χ1v) is 8.46. The van der Waals surface area contributed by atoms with Crippen LogP contribution in [0.15, 0.2) is 0 Å². The molecule has 0 radical (unpaired) electrons. The molecule has 4 heteroatoms. The Hall–Kier alpha value is -0.450. The molecular weight excluding hydrogens is 254 g/mol. The van der Waals surface area contributed by atoms with Gasteiger partial charge >= 0.3 is 0 Å². The Labute approximate surface area is 120 Å². The van der Waals surface area contributed by atoms with E-state index in [0.29, 0.717) is 12.0 Å². The average Bonchev–Trinajstić information content (AvgIpc) is 3.13. The van der Waals surface area contributed by atoms with Crippen LogP contribution in [0.2, 0.25) is 0 Å². The fraction of sp³-hybridized carbons (Fsp3) is 0.800. The molecule has 2 unspecified atom stereocenters. The van der Waals surface area contributed by atoms with Crippen molar-refractivity contribution in [3.8, 4) is 0 Å². The van der Waals surface area contributed by atoms with E-state index in [9.17, 15) is 0 Å². The third-order valence-corrected chi connectivity index (χ3v) is 5.64. The summed E-state index contributed by atoms with van der Waals surface area (Å²) in [5.41, 5.74) is 7.43. The summed E-state index contributed by atoms with van der Waals surface area (Å²) in [6, 6.07) is 0.849. The number of hydrogen-bond donors (Lipinski definition) is 1. The van der Waals surface area contributed by atoms with Gasteiger partial charge in [0.05, 0.1) is 12.2 Å². The van der Waals surface area contributed by atoms with E-state index >= 15 is 0 Å². The fourth-order valence-corrected chi connectivity index (χ4v) is 4.13. The van der Waals surface area contributed by atoms with Crippen molar-refractivity contribution < 1.29 is 0 Å². The van der Waals surface area contributed by atoms with Crippen LogP contribution in [-0.2, 0) is 6.54 Å². The van der Waals surface area contributed by atoms with Crippen LogP contribution in [0.25, 0.3) is 0 Å². The van der Waals surface area contributed by atoms with Crippen molar-refractivity contribution in [1.29, 1.82) is 0 Å². The SMILES string of the molecule is CC(N)c1sc(CN2CCCCC2C)nc1C1CC1. The Morgan fingerprint density at radius 1 is 1.37 bits per heavy atom. The summed E-state index contributed by atoms with van der Waals surface area (Å²) in [5.74, 6) is 0.713. The molecular formula is C15H25N3S. The molecule has 0 amide bonds. The Kier molecular flexibility index (Phi) is 3.92. The fourth-order valence-electron chi connectivity index (χ4n) is 3.00. The molecule has 2 N–H and O–H groups in total. The first-order chi connectivity index (χ1) is 9.15. The van der Waals surface area contributed by atoms with Crippen LogP contribution in [0.5, 0.6) is 0 Å². The molecule has 2 atom stereocenters. The summed E-state index contributed by atoms with van der Waals surface area (Å²) in [6.07, 6.45) is 6.67. The van der Waals surface area contributed by atoms with Crippen LogP contribution >= 0.6 is 11.3 Å². The second kappa shape index (κ2) is 5.51. The maximum atomic E-state index is 6.11. The molecule has 0 bridgehead atoms. The van der Waals surface area contributed by atoms with Crippen LogP contribution in [-0.4, -0.2) is 22.5 Å². The standard InChI is InChI=1S/C15H25N3S/c1-10-5-3-4-8-18(10)9-13-17-14(12-6-7-12)15(19-13)11(2)16/h10-12H,3-9,16H2,1-2H3. The van der Waals surface area contributed by atoms with Gasteiger partial charge in [-0.3, -0.25) is 4.90 Å². The third-order valence-electron chi connectivity index (χ3n) is 4.38. The molecule has 2 heterocycles. The highest BCUT2D eigenvalue weighted by atomic mass is 32.1. The van der Waals surface area contributed by atoms with Gasteiger partial charge in [-0.2, -0.15) is 0 Å². The van der Waals surface area contributed by atoms with Crippen molar-refractivity contribution in [1.82, 2.24) is 9.88 Å². The average molecular weight is 279 g/mol. The lowest BCUT2D eigenvalue weighted by molar-refractivity contribution is 0.152. The Bertz CT molecular complexity index is 417. The summed E-state index contributed by atoms with van der Waals surface area (Å²) in [6.45, 7) is 6.69. The normalized spacial score (nSPS) is 26.6. The molecule has 3 nitrogen and oxygen atoms in total. The van der Waals surface area contributed by atoms with Gasteiger partial charge in [-0.15, -0.1) is 11.3 Å². The summed E-state index contributed by atoms with van der Waals surface area (Å²) in [5, 5.41) is 1.28. The molecule has 0 aromatic carbocycles. The lowest BCUT2D eigenvalue weighted by Gasteiger charge is -2.32. The summed E-state index contributed by atoms with van der Waals surface area (Å²) in [4.78, 5) is 8.84. The van der Waals surface area contributed by atoms with Gasteiger partial charge < -0.3 is 5.73 Å². The highest BCUT2D eigenvalue weighted by Gasteiger charge is 2.31. The number of nitrogens with zero attached hydrogens (tertiary/aromatic N) is 2. The summed E-state index contributed by atoms with van der Waals surface area (Å²) < 4.78 is 0. The summed E-state index contributed by atoms with van der Waals surface area (Å²) >= 11 is 1.85. The zero-order chi connectivity index (χ0) is 13.4. The lowest BCUT2D eigenvalue weighted by Crippen LogP contribution is -2.36. The minimum absolute atomic E-state index is 0.139. The largest absolute Gasteiger partial charge is 0.323 e. The van der Waals surface area contributed by atoms with E-state index in [1.54, 1.807) is 0 Å². The highest BCUT2D eigenvalue weighted by Crippen LogP contribution is 2.44. The number of nitrogens with two attached hydrogens (primary N) is 1. The van der Waals surface area contributed by atoms with Crippen molar-refractivity contribution >= 4 is 11.3 Å². The van der Waals surface area contributed by atoms with E-state index in [2.05, 4.69) is 18.7 Å².